The second-order valence-corrected chi connectivity index (χ2v) is 3.01. The highest BCUT2D eigenvalue weighted by Crippen LogP contribution is 2.21. The van der Waals surface area contributed by atoms with Crippen molar-refractivity contribution in [3.05, 3.63) is 18.2 Å². The number of hydrogen-bond acceptors (Lipinski definition) is 4. The van der Waals surface area contributed by atoms with Crippen molar-refractivity contribution in [2.24, 2.45) is 7.05 Å². The molecule has 16 heavy (non-hydrogen) atoms. The van der Waals surface area contributed by atoms with Gasteiger partial charge in [0.25, 0.3) is 5.78 Å². The first-order valence-electron chi connectivity index (χ1n) is 4.47. The summed E-state index contributed by atoms with van der Waals surface area (Å²) in [4.78, 5) is 25.8. The Labute approximate surface area is 90.0 Å². The number of esters is 1. The third-order valence-corrected chi connectivity index (χ3v) is 1.87. The molecule has 0 atom stereocenters. The van der Waals surface area contributed by atoms with Crippen LogP contribution < -0.4 is 0 Å². The molecule has 5 nitrogen and oxygen atoms in total. The number of hydrogen-bond donors (Lipinski definition) is 0. The number of carbonyl (C=O) groups excluding carboxylic acids is 2. The number of aromatic nitrogens is 2. The van der Waals surface area contributed by atoms with Crippen molar-refractivity contribution >= 4 is 11.8 Å². The molecule has 1 heterocycles. The van der Waals surface area contributed by atoms with Gasteiger partial charge in [-0.25, -0.2) is 9.78 Å². The zero-order valence-corrected chi connectivity index (χ0v) is 8.74. The lowest BCUT2D eigenvalue weighted by molar-refractivity contribution is -0.164. The maximum Gasteiger partial charge on any atom is 0.405 e. The highest BCUT2D eigenvalue weighted by molar-refractivity contribution is 6.12. The van der Waals surface area contributed by atoms with Gasteiger partial charge in [0.2, 0.25) is 0 Å². The molecule has 0 saturated heterocycles. The number of aryl methyl sites for hydroxylation is 1. The van der Waals surface area contributed by atoms with Gasteiger partial charge in [-0.1, -0.05) is 0 Å². The highest BCUT2D eigenvalue weighted by atomic mass is 19.3. The van der Waals surface area contributed by atoms with E-state index in [1.54, 1.807) is 0 Å². The summed E-state index contributed by atoms with van der Waals surface area (Å²) in [5, 5.41) is 0. The quantitative estimate of drug-likeness (QED) is 0.437. The van der Waals surface area contributed by atoms with Gasteiger partial charge in [0.15, 0.2) is 0 Å². The maximum atomic E-state index is 13.3. The van der Waals surface area contributed by atoms with Crippen LogP contribution >= 0.6 is 0 Å². The van der Waals surface area contributed by atoms with Gasteiger partial charge in [0.05, 0.1) is 19.1 Å². The summed E-state index contributed by atoms with van der Waals surface area (Å²) >= 11 is 0. The molecule has 0 aromatic carbocycles. The van der Waals surface area contributed by atoms with E-state index in [1.807, 2.05) is 0 Å². The summed E-state index contributed by atoms with van der Waals surface area (Å²) in [6, 6.07) is 0. The Morgan fingerprint density at radius 2 is 2.19 bits per heavy atom. The second-order valence-electron chi connectivity index (χ2n) is 3.01. The minimum Gasteiger partial charge on any atom is -0.461 e. The first kappa shape index (κ1) is 12.3. The Morgan fingerprint density at radius 3 is 2.62 bits per heavy atom. The highest BCUT2D eigenvalue weighted by Gasteiger charge is 2.50. The van der Waals surface area contributed by atoms with E-state index < -0.39 is 17.7 Å². The fourth-order valence-electron chi connectivity index (χ4n) is 1.05. The van der Waals surface area contributed by atoms with E-state index in [1.165, 1.54) is 20.3 Å². The number of ketones is 1. The minimum atomic E-state index is -4.18. The smallest absolute Gasteiger partial charge is 0.405 e. The van der Waals surface area contributed by atoms with Crippen LogP contribution in [0, 0.1) is 0 Å². The van der Waals surface area contributed by atoms with Gasteiger partial charge in [-0.3, -0.25) is 4.79 Å². The van der Waals surface area contributed by atoms with Crippen molar-refractivity contribution in [2.75, 3.05) is 6.61 Å². The monoisotopic (exact) mass is 232 g/mol. The van der Waals surface area contributed by atoms with Crippen molar-refractivity contribution < 1.29 is 23.1 Å². The van der Waals surface area contributed by atoms with E-state index in [0.717, 1.165) is 10.8 Å². The molecule has 0 fully saturated rings. The predicted molar refractivity (Wildman–Crippen MR) is 49.1 cm³/mol. The van der Waals surface area contributed by atoms with E-state index in [9.17, 15) is 18.4 Å². The van der Waals surface area contributed by atoms with Gasteiger partial charge >= 0.3 is 11.9 Å². The van der Waals surface area contributed by atoms with Crippen molar-refractivity contribution in [3.63, 3.8) is 0 Å². The summed E-state index contributed by atoms with van der Waals surface area (Å²) in [5.41, 5.74) is -0.349. The number of halogens is 2. The molecule has 0 spiro atoms. The molecular formula is C9H10F2N2O3. The van der Waals surface area contributed by atoms with Crippen LogP contribution in [0.4, 0.5) is 8.78 Å². The molecule has 1 aromatic heterocycles. The van der Waals surface area contributed by atoms with Crippen LogP contribution in [0.25, 0.3) is 0 Å². The van der Waals surface area contributed by atoms with Gasteiger partial charge in [0, 0.05) is 7.05 Å². The first-order chi connectivity index (χ1) is 7.41. The average Bonchev–Trinajstić information content (AvgIpc) is 2.63. The fourth-order valence-corrected chi connectivity index (χ4v) is 1.05. The van der Waals surface area contributed by atoms with E-state index in [2.05, 4.69) is 9.72 Å². The largest absolute Gasteiger partial charge is 0.461 e. The number of carbonyl (C=O) groups is 2. The zero-order chi connectivity index (χ0) is 12.3. The zero-order valence-electron chi connectivity index (χ0n) is 8.74. The SMILES string of the molecule is CCOC(=O)C(F)(F)C(=O)c1cncn1C. The summed E-state index contributed by atoms with van der Waals surface area (Å²) in [7, 11) is 1.38. The molecule has 0 radical (unpaired) electrons. The van der Waals surface area contributed by atoms with Gasteiger partial charge in [-0.2, -0.15) is 8.78 Å². The Kier molecular flexibility index (Phi) is 3.36. The Bertz CT molecular complexity index is 415. The van der Waals surface area contributed by atoms with Crippen molar-refractivity contribution in [2.45, 2.75) is 12.8 Å². The third kappa shape index (κ3) is 2.07. The number of nitrogens with zero attached hydrogens (tertiary/aromatic N) is 2. The summed E-state index contributed by atoms with van der Waals surface area (Å²) in [5.74, 6) is -7.64. The maximum absolute atomic E-state index is 13.3. The topological polar surface area (TPSA) is 61.2 Å². The van der Waals surface area contributed by atoms with Gasteiger partial charge in [0.1, 0.15) is 5.69 Å². The average molecular weight is 232 g/mol. The molecule has 0 amide bonds. The van der Waals surface area contributed by atoms with E-state index in [0.29, 0.717) is 0 Å². The van der Waals surface area contributed by atoms with Crippen LogP contribution in [0.15, 0.2) is 12.5 Å². The fraction of sp³-hybridized carbons (Fsp3) is 0.444. The van der Waals surface area contributed by atoms with E-state index in [-0.39, 0.29) is 12.3 Å². The van der Waals surface area contributed by atoms with Crippen LogP contribution in [0.5, 0.6) is 0 Å². The lowest BCUT2D eigenvalue weighted by Gasteiger charge is -2.13. The van der Waals surface area contributed by atoms with Crippen LogP contribution in [0.2, 0.25) is 0 Å². The molecule has 1 aromatic rings. The van der Waals surface area contributed by atoms with Crippen molar-refractivity contribution in [1.82, 2.24) is 9.55 Å². The molecule has 0 aliphatic heterocycles. The molecule has 88 valence electrons. The summed E-state index contributed by atoms with van der Waals surface area (Å²) < 4.78 is 31.8. The van der Waals surface area contributed by atoms with Gasteiger partial charge < -0.3 is 9.30 Å². The number of imidazole rings is 1. The first-order valence-corrected chi connectivity index (χ1v) is 4.47. The predicted octanol–water partition coefficient (Wildman–Crippen LogP) is 0.801. The normalized spacial score (nSPS) is 11.2. The number of ether oxygens (including phenoxy) is 1. The molecular weight excluding hydrogens is 222 g/mol. The van der Waals surface area contributed by atoms with Crippen molar-refractivity contribution in [1.29, 1.82) is 0 Å². The molecule has 0 aliphatic rings. The standard InChI is InChI=1S/C9H10F2N2O3/c1-3-16-8(15)9(10,11)7(14)6-4-12-5-13(6)2/h4-5H,3H2,1-2H3. The summed E-state index contributed by atoms with van der Waals surface area (Å²) in [6.07, 6.45) is 2.16. The van der Waals surface area contributed by atoms with E-state index in [4.69, 9.17) is 0 Å². The molecule has 0 aliphatic carbocycles. The molecule has 7 heteroatoms. The molecule has 1 rings (SSSR count). The van der Waals surface area contributed by atoms with Crippen LogP contribution in [-0.4, -0.2) is 33.8 Å². The molecule has 0 saturated carbocycles. The van der Waals surface area contributed by atoms with E-state index >= 15 is 0 Å². The lowest BCUT2D eigenvalue weighted by atomic mass is 10.1. The Hall–Kier alpha value is -1.79. The van der Waals surface area contributed by atoms with Crippen molar-refractivity contribution in [3.8, 4) is 0 Å². The number of rotatable bonds is 4. The summed E-state index contributed by atoms with van der Waals surface area (Å²) in [6.45, 7) is 1.16. The van der Waals surface area contributed by atoms with Crippen LogP contribution in [-0.2, 0) is 16.6 Å². The molecule has 0 N–H and O–H groups in total. The van der Waals surface area contributed by atoms with Gasteiger partial charge in [-0.15, -0.1) is 0 Å². The minimum absolute atomic E-state index is 0.215. The Balaban J connectivity index is 2.97. The van der Waals surface area contributed by atoms with Crippen LogP contribution in [0.1, 0.15) is 17.4 Å². The Morgan fingerprint density at radius 1 is 1.56 bits per heavy atom. The second kappa shape index (κ2) is 4.38. The van der Waals surface area contributed by atoms with Gasteiger partial charge in [-0.05, 0) is 6.92 Å². The number of Topliss-reactive ketones (excluding diaryl/α,β-unsaturated/α-hetero) is 1. The lowest BCUT2D eigenvalue weighted by Crippen LogP contribution is -2.40. The molecule has 0 bridgehead atoms. The third-order valence-electron chi connectivity index (χ3n) is 1.87. The number of alkyl halides is 2. The van der Waals surface area contributed by atoms with Crippen LogP contribution in [0.3, 0.4) is 0 Å². The molecule has 0 unspecified atom stereocenters.